The zero-order valence-electron chi connectivity index (χ0n) is 11.5. The summed E-state index contributed by atoms with van der Waals surface area (Å²) < 4.78 is 5.01. The standard InChI is InChI=1S/C15H19NO4/c1-20-9-10-5-7-11(8-6-10)14(17)16-13-4-2-3-12(13)15(18)19/h5-8,12-13H,2-4,9H2,1H3,(H,16,17)(H,18,19)/t12-,13+/m0/s1. The lowest BCUT2D eigenvalue weighted by molar-refractivity contribution is -0.142. The molecule has 20 heavy (non-hydrogen) atoms. The first-order chi connectivity index (χ1) is 9.61. The minimum atomic E-state index is -0.830. The van der Waals surface area contributed by atoms with E-state index in [9.17, 15) is 9.59 Å². The Kier molecular flexibility index (Phi) is 4.74. The van der Waals surface area contributed by atoms with Gasteiger partial charge in [0.25, 0.3) is 5.91 Å². The van der Waals surface area contributed by atoms with Crippen LogP contribution in [0.5, 0.6) is 0 Å². The maximum Gasteiger partial charge on any atom is 0.308 e. The topological polar surface area (TPSA) is 75.6 Å². The molecular weight excluding hydrogens is 258 g/mol. The Morgan fingerprint density at radius 1 is 1.30 bits per heavy atom. The maximum atomic E-state index is 12.1. The van der Waals surface area contributed by atoms with Crippen LogP contribution in [0.1, 0.15) is 35.2 Å². The molecule has 0 saturated heterocycles. The Bertz CT molecular complexity index is 483. The zero-order chi connectivity index (χ0) is 14.5. The van der Waals surface area contributed by atoms with Crippen molar-refractivity contribution in [3.63, 3.8) is 0 Å². The van der Waals surface area contributed by atoms with Crippen LogP contribution in [0.25, 0.3) is 0 Å². The molecule has 5 nitrogen and oxygen atoms in total. The van der Waals surface area contributed by atoms with Crippen LogP contribution >= 0.6 is 0 Å². The molecule has 0 aliphatic heterocycles. The minimum absolute atomic E-state index is 0.216. The quantitative estimate of drug-likeness (QED) is 0.860. The number of hydrogen-bond acceptors (Lipinski definition) is 3. The number of methoxy groups -OCH3 is 1. The molecule has 1 aromatic carbocycles. The molecule has 0 spiro atoms. The lowest BCUT2D eigenvalue weighted by Gasteiger charge is -2.17. The average Bonchev–Trinajstić information content (AvgIpc) is 2.88. The first kappa shape index (κ1) is 14.5. The van der Waals surface area contributed by atoms with Crippen LogP contribution in [0.3, 0.4) is 0 Å². The van der Waals surface area contributed by atoms with Gasteiger partial charge >= 0.3 is 5.97 Å². The van der Waals surface area contributed by atoms with Gasteiger partial charge in [-0.25, -0.2) is 0 Å². The SMILES string of the molecule is COCc1ccc(C(=O)N[C@@H]2CCC[C@@H]2C(=O)O)cc1. The molecule has 1 amide bonds. The summed E-state index contributed by atoms with van der Waals surface area (Å²) in [6, 6.07) is 6.87. The average molecular weight is 277 g/mol. The van der Waals surface area contributed by atoms with E-state index in [1.165, 1.54) is 0 Å². The molecule has 5 heteroatoms. The summed E-state index contributed by atoms with van der Waals surface area (Å²) >= 11 is 0. The predicted molar refractivity (Wildman–Crippen MR) is 73.4 cm³/mol. The Morgan fingerprint density at radius 2 is 2.00 bits per heavy atom. The van der Waals surface area contributed by atoms with Gasteiger partial charge in [-0.2, -0.15) is 0 Å². The number of hydrogen-bond donors (Lipinski definition) is 2. The molecule has 0 unspecified atom stereocenters. The van der Waals surface area contributed by atoms with Gasteiger partial charge in [-0.3, -0.25) is 9.59 Å². The summed E-state index contributed by atoms with van der Waals surface area (Å²) in [5.41, 5.74) is 1.54. The van der Waals surface area contributed by atoms with Gasteiger partial charge in [0.2, 0.25) is 0 Å². The van der Waals surface area contributed by atoms with Gasteiger partial charge in [0.15, 0.2) is 0 Å². The number of ether oxygens (including phenoxy) is 1. The Balaban J connectivity index is 1.99. The van der Waals surface area contributed by atoms with Crippen LogP contribution in [-0.2, 0) is 16.1 Å². The van der Waals surface area contributed by atoms with E-state index in [1.807, 2.05) is 12.1 Å². The second-order valence-corrected chi connectivity index (χ2v) is 5.09. The van der Waals surface area contributed by atoms with Crippen LogP contribution in [0.15, 0.2) is 24.3 Å². The van der Waals surface area contributed by atoms with Crippen molar-refractivity contribution in [2.75, 3.05) is 7.11 Å². The molecule has 108 valence electrons. The molecule has 2 rings (SSSR count). The van der Waals surface area contributed by atoms with Crippen molar-refractivity contribution in [1.29, 1.82) is 0 Å². The fraction of sp³-hybridized carbons (Fsp3) is 0.467. The van der Waals surface area contributed by atoms with Crippen LogP contribution in [0, 0.1) is 5.92 Å². The predicted octanol–water partition coefficient (Wildman–Crippen LogP) is 1.82. The van der Waals surface area contributed by atoms with E-state index >= 15 is 0 Å². The minimum Gasteiger partial charge on any atom is -0.481 e. The molecule has 0 radical (unpaired) electrons. The summed E-state index contributed by atoms with van der Waals surface area (Å²) in [5.74, 6) is -1.51. The molecule has 1 aromatic rings. The van der Waals surface area contributed by atoms with Crippen molar-refractivity contribution in [2.24, 2.45) is 5.92 Å². The van der Waals surface area contributed by atoms with Gasteiger partial charge in [0, 0.05) is 18.7 Å². The lowest BCUT2D eigenvalue weighted by atomic mass is 10.0. The zero-order valence-corrected chi connectivity index (χ0v) is 11.5. The highest BCUT2D eigenvalue weighted by atomic mass is 16.5. The molecule has 1 fully saturated rings. The largest absolute Gasteiger partial charge is 0.481 e. The first-order valence-electron chi connectivity index (χ1n) is 6.73. The third-order valence-corrected chi connectivity index (χ3v) is 3.68. The van der Waals surface area contributed by atoms with E-state index in [0.29, 0.717) is 18.6 Å². The van der Waals surface area contributed by atoms with Gasteiger partial charge in [-0.15, -0.1) is 0 Å². The Labute approximate surface area is 117 Å². The monoisotopic (exact) mass is 277 g/mol. The number of carboxylic acid groups (broad SMARTS) is 1. The number of carbonyl (C=O) groups is 2. The molecule has 2 atom stereocenters. The summed E-state index contributed by atoms with van der Waals surface area (Å²) in [7, 11) is 1.62. The fourth-order valence-electron chi connectivity index (χ4n) is 2.60. The number of amides is 1. The van der Waals surface area contributed by atoms with Crippen molar-refractivity contribution in [1.82, 2.24) is 5.32 Å². The van der Waals surface area contributed by atoms with Crippen molar-refractivity contribution >= 4 is 11.9 Å². The third-order valence-electron chi connectivity index (χ3n) is 3.68. The van der Waals surface area contributed by atoms with Crippen LogP contribution in [0.4, 0.5) is 0 Å². The molecule has 0 bridgehead atoms. The molecule has 0 heterocycles. The number of benzene rings is 1. The van der Waals surface area contributed by atoms with Crippen LogP contribution in [0.2, 0.25) is 0 Å². The van der Waals surface area contributed by atoms with E-state index in [-0.39, 0.29) is 11.9 Å². The molecular formula is C15H19NO4. The molecule has 1 saturated carbocycles. The molecule has 1 aliphatic rings. The van der Waals surface area contributed by atoms with Crippen molar-refractivity contribution < 1.29 is 19.4 Å². The number of rotatable bonds is 5. The first-order valence-corrected chi connectivity index (χ1v) is 6.73. The summed E-state index contributed by atoms with van der Waals surface area (Å²) in [6.07, 6.45) is 2.20. The Morgan fingerprint density at radius 3 is 2.60 bits per heavy atom. The van der Waals surface area contributed by atoms with Crippen molar-refractivity contribution in [3.8, 4) is 0 Å². The van der Waals surface area contributed by atoms with E-state index in [2.05, 4.69) is 5.32 Å². The third kappa shape index (κ3) is 3.36. The van der Waals surface area contributed by atoms with Gasteiger partial charge in [-0.1, -0.05) is 18.6 Å². The number of carbonyl (C=O) groups excluding carboxylic acids is 1. The highest BCUT2D eigenvalue weighted by Crippen LogP contribution is 2.26. The summed E-state index contributed by atoms with van der Waals surface area (Å²) in [6.45, 7) is 0.506. The Hall–Kier alpha value is -1.88. The lowest BCUT2D eigenvalue weighted by Crippen LogP contribution is -2.40. The van der Waals surface area contributed by atoms with Gasteiger partial charge < -0.3 is 15.2 Å². The van der Waals surface area contributed by atoms with Crippen LogP contribution in [-0.4, -0.2) is 30.1 Å². The van der Waals surface area contributed by atoms with E-state index in [0.717, 1.165) is 18.4 Å². The molecule has 0 aromatic heterocycles. The van der Waals surface area contributed by atoms with Crippen molar-refractivity contribution in [3.05, 3.63) is 35.4 Å². The maximum absolute atomic E-state index is 12.1. The highest BCUT2D eigenvalue weighted by Gasteiger charge is 2.33. The highest BCUT2D eigenvalue weighted by molar-refractivity contribution is 5.94. The van der Waals surface area contributed by atoms with E-state index in [4.69, 9.17) is 9.84 Å². The van der Waals surface area contributed by atoms with Crippen molar-refractivity contribution in [2.45, 2.75) is 31.9 Å². The number of aliphatic carboxylic acids is 1. The van der Waals surface area contributed by atoms with Gasteiger partial charge in [0.05, 0.1) is 12.5 Å². The summed E-state index contributed by atoms with van der Waals surface area (Å²) in [4.78, 5) is 23.2. The molecule has 1 aliphatic carbocycles. The second kappa shape index (κ2) is 6.52. The van der Waals surface area contributed by atoms with Gasteiger partial charge in [-0.05, 0) is 30.5 Å². The number of nitrogens with one attached hydrogen (secondary N) is 1. The molecule has 2 N–H and O–H groups in total. The normalized spacial score (nSPS) is 21.6. The smallest absolute Gasteiger partial charge is 0.308 e. The number of carboxylic acids is 1. The van der Waals surface area contributed by atoms with E-state index < -0.39 is 11.9 Å². The fourth-order valence-corrected chi connectivity index (χ4v) is 2.60. The van der Waals surface area contributed by atoms with Gasteiger partial charge in [0.1, 0.15) is 0 Å². The second-order valence-electron chi connectivity index (χ2n) is 5.09. The summed E-state index contributed by atoms with van der Waals surface area (Å²) in [5, 5.41) is 11.9. The van der Waals surface area contributed by atoms with Crippen LogP contribution < -0.4 is 5.32 Å². The van der Waals surface area contributed by atoms with E-state index in [1.54, 1.807) is 19.2 Å².